The largest absolute Gasteiger partial charge is 0.455 e. The van der Waals surface area contributed by atoms with Crippen LogP contribution in [0.25, 0.3) is 10.9 Å². The number of aryl methyl sites for hydroxylation is 1. The molecule has 1 saturated heterocycles. The third kappa shape index (κ3) is 4.76. The molecule has 2 aromatic carbocycles. The molecule has 9 heteroatoms. The minimum Gasteiger partial charge on any atom is -0.455 e. The number of halogens is 1. The lowest BCUT2D eigenvalue weighted by atomic mass is 9.93. The number of nitrogens with zero attached hydrogens (tertiary/aromatic N) is 4. The highest BCUT2D eigenvalue weighted by molar-refractivity contribution is 6.07. The minimum absolute atomic E-state index is 0.182. The van der Waals surface area contributed by atoms with Gasteiger partial charge in [-0.15, -0.1) is 0 Å². The van der Waals surface area contributed by atoms with Crippen LogP contribution in [0.5, 0.6) is 0 Å². The monoisotopic (exact) mass is 525 g/mol. The lowest BCUT2D eigenvalue weighted by Crippen LogP contribution is -2.49. The summed E-state index contributed by atoms with van der Waals surface area (Å²) in [6.07, 6.45) is 2.16. The van der Waals surface area contributed by atoms with Crippen molar-refractivity contribution in [2.45, 2.75) is 26.2 Å². The number of anilines is 1. The molecule has 3 heterocycles. The highest BCUT2D eigenvalue weighted by atomic mass is 19.1. The van der Waals surface area contributed by atoms with Crippen LogP contribution >= 0.6 is 0 Å². The zero-order valence-corrected chi connectivity index (χ0v) is 21.6. The molecule has 0 unspecified atom stereocenters. The molecule has 0 saturated carbocycles. The number of furan rings is 1. The number of aromatic nitrogens is 1. The summed E-state index contributed by atoms with van der Waals surface area (Å²) in [6, 6.07) is 17.8. The van der Waals surface area contributed by atoms with E-state index >= 15 is 0 Å². The fourth-order valence-corrected chi connectivity index (χ4v) is 5.35. The second kappa shape index (κ2) is 10.3. The van der Waals surface area contributed by atoms with E-state index in [1.165, 1.54) is 6.07 Å². The van der Waals surface area contributed by atoms with Gasteiger partial charge >= 0.3 is 0 Å². The van der Waals surface area contributed by atoms with Crippen LogP contribution in [0, 0.1) is 12.7 Å². The second-order valence-electron chi connectivity index (χ2n) is 9.83. The zero-order valence-electron chi connectivity index (χ0n) is 21.6. The lowest BCUT2D eigenvalue weighted by Gasteiger charge is -2.35. The maximum absolute atomic E-state index is 14.2. The molecule has 2 aliphatic rings. The van der Waals surface area contributed by atoms with Gasteiger partial charge in [-0.1, -0.05) is 36.4 Å². The number of hydrazone groups is 1. The van der Waals surface area contributed by atoms with Gasteiger partial charge in [-0.25, -0.2) is 14.8 Å². The van der Waals surface area contributed by atoms with Gasteiger partial charge in [-0.3, -0.25) is 9.59 Å². The molecule has 1 aliphatic heterocycles. The van der Waals surface area contributed by atoms with Gasteiger partial charge in [0.15, 0.2) is 5.76 Å². The second-order valence-corrected chi connectivity index (χ2v) is 9.83. The molecule has 1 N–H and O–H groups in total. The normalized spacial score (nSPS) is 16.4. The first-order chi connectivity index (χ1) is 19.0. The first-order valence-corrected chi connectivity index (χ1v) is 13.1. The standard InChI is InChI=1S/C30H28FN5O3/c1-19-27-23(33-34-29(37)24-14-13-20-7-2-4-9-22(20)32-24)10-6-12-26(27)39-28(19)30(38)36-17-15-35(16-18-36)25-11-5-3-8-21(25)31/h2-5,7-9,11,13-14H,6,10,12,15-18H2,1H3,(H,34,37)/b33-23+. The van der Waals surface area contributed by atoms with Gasteiger partial charge in [0, 0.05) is 49.1 Å². The molecule has 0 spiro atoms. The van der Waals surface area contributed by atoms with Crippen molar-refractivity contribution in [1.82, 2.24) is 15.3 Å². The Morgan fingerprint density at radius 1 is 0.974 bits per heavy atom. The van der Waals surface area contributed by atoms with E-state index in [0.717, 1.165) is 28.5 Å². The van der Waals surface area contributed by atoms with Crippen molar-refractivity contribution in [2.24, 2.45) is 5.10 Å². The Morgan fingerprint density at radius 3 is 2.56 bits per heavy atom. The summed E-state index contributed by atoms with van der Waals surface area (Å²) in [5.74, 6) is 0.173. The Morgan fingerprint density at radius 2 is 1.74 bits per heavy atom. The van der Waals surface area contributed by atoms with E-state index in [1.54, 1.807) is 23.1 Å². The number of benzene rings is 2. The SMILES string of the molecule is Cc1c(C(=O)N2CCN(c3ccccc3F)CC2)oc2c1/C(=N/NC(=O)c1ccc3ccccc3n1)CCC2. The van der Waals surface area contributed by atoms with Crippen LogP contribution in [0.4, 0.5) is 10.1 Å². The summed E-state index contributed by atoms with van der Waals surface area (Å²) >= 11 is 0. The van der Waals surface area contributed by atoms with Crippen molar-refractivity contribution in [3.05, 3.63) is 94.8 Å². The first kappa shape index (κ1) is 24.8. The van der Waals surface area contributed by atoms with Gasteiger partial charge < -0.3 is 14.2 Å². The topological polar surface area (TPSA) is 91.0 Å². The minimum atomic E-state index is -0.398. The Labute approximate surface area is 225 Å². The summed E-state index contributed by atoms with van der Waals surface area (Å²) in [5, 5.41) is 5.38. The van der Waals surface area contributed by atoms with E-state index in [9.17, 15) is 14.0 Å². The van der Waals surface area contributed by atoms with Crippen molar-refractivity contribution in [3.8, 4) is 0 Å². The Hall–Kier alpha value is -4.53. The van der Waals surface area contributed by atoms with Crippen LogP contribution in [0.15, 0.2) is 70.2 Å². The third-order valence-corrected chi connectivity index (χ3v) is 7.40. The van der Waals surface area contributed by atoms with Crippen LogP contribution in [0.3, 0.4) is 0 Å². The van der Waals surface area contributed by atoms with Gasteiger partial charge in [0.25, 0.3) is 11.8 Å². The van der Waals surface area contributed by atoms with Gasteiger partial charge in [-0.05, 0) is 44.0 Å². The maximum Gasteiger partial charge on any atom is 0.289 e. The number of carbonyl (C=O) groups excluding carboxylic acids is 2. The van der Waals surface area contributed by atoms with Crippen molar-refractivity contribution in [2.75, 3.05) is 31.1 Å². The molecular weight excluding hydrogens is 497 g/mol. The van der Waals surface area contributed by atoms with E-state index in [-0.39, 0.29) is 17.4 Å². The number of nitrogens with one attached hydrogen (secondary N) is 1. The van der Waals surface area contributed by atoms with Crippen molar-refractivity contribution >= 4 is 34.1 Å². The molecule has 2 aromatic heterocycles. The molecule has 4 aromatic rings. The maximum atomic E-state index is 14.2. The van der Waals surface area contributed by atoms with Crippen LogP contribution in [-0.2, 0) is 6.42 Å². The van der Waals surface area contributed by atoms with Crippen molar-refractivity contribution in [1.29, 1.82) is 0 Å². The zero-order chi connectivity index (χ0) is 26.9. The number of para-hydroxylation sites is 2. The quantitative estimate of drug-likeness (QED) is 0.390. The number of carbonyl (C=O) groups is 2. The van der Waals surface area contributed by atoms with E-state index < -0.39 is 5.91 Å². The van der Waals surface area contributed by atoms with Crippen molar-refractivity contribution < 1.29 is 18.4 Å². The molecule has 2 amide bonds. The van der Waals surface area contributed by atoms with Gasteiger partial charge in [0.1, 0.15) is 17.3 Å². The summed E-state index contributed by atoms with van der Waals surface area (Å²) < 4.78 is 20.3. The lowest BCUT2D eigenvalue weighted by molar-refractivity contribution is 0.0711. The fraction of sp³-hybridized carbons (Fsp3) is 0.267. The highest BCUT2D eigenvalue weighted by Gasteiger charge is 2.32. The summed E-state index contributed by atoms with van der Waals surface area (Å²) in [5.41, 5.74) is 6.42. The predicted molar refractivity (Wildman–Crippen MR) is 147 cm³/mol. The molecule has 1 fully saturated rings. The molecule has 8 nitrogen and oxygen atoms in total. The van der Waals surface area contributed by atoms with Crippen molar-refractivity contribution in [3.63, 3.8) is 0 Å². The van der Waals surface area contributed by atoms with Gasteiger partial charge in [0.05, 0.1) is 16.9 Å². The Kier molecular flexibility index (Phi) is 6.56. The molecule has 1 aliphatic carbocycles. The van der Waals surface area contributed by atoms with Crippen LogP contribution in [0.2, 0.25) is 0 Å². The number of pyridine rings is 1. The average Bonchev–Trinajstić information content (AvgIpc) is 3.32. The van der Waals surface area contributed by atoms with Gasteiger partial charge in [0.2, 0.25) is 0 Å². The van der Waals surface area contributed by atoms with E-state index in [1.807, 2.05) is 48.2 Å². The molecule has 198 valence electrons. The van der Waals surface area contributed by atoms with Crippen LogP contribution in [-0.4, -0.2) is 53.6 Å². The first-order valence-electron chi connectivity index (χ1n) is 13.1. The van der Waals surface area contributed by atoms with E-state index in [2.05, 4.69) is 15.5 Å². The molecule has 0 bridgehead atoms. The predicted octanol–water partition coefficient (Wildman–Crippen LogP) is 4.71. The fourth-order valence-electron chi connectivity index (χ4n) is 5.35. The summed E-state index contributed by atoms with van der Waals surface area (Å²) in [6.45, 7) is 3.86. The number of fused-ring (bicyclic) bond motifs is 2. The smallest absolute Gasteiger partial charge is 0.289 e. The van der Waals surface area contributed by atoms with Crippen LogP contribution in [0.1, 0.15) is 50.8 Å². The number of hydrogen-bond donors (Lipinski definition) is 1. The van der Waals surface area contributed by atoms with E-state index in [4.69, 9.17) is 4.42 Å². The Bertz CT molecular complexity index is 1600. The number of amides is 2. The average molecular weight is 526 g/mol. The molecule has 6 rings (SSSR count). The Balaban J connectivity index is 1.17. The van der Waals surface area contributed by atoms with Crippen LogP contribution < -0.4 is 10.3 Å². The number of hydrogen-bond acceptors (Lipinski definition) is 6. The number of rotatable bonds is 4. The summed E-state index contributed by atoms with van der Waals surface area (Å²) in [4.78, 5) is 34.4. The third-order valence-electron chi connectivity index (χ3n) is 7.40. The summed E-state index contributed by atoms with van der Waals surface area (Å²) in [7, 11) is 0. The highest BCUT2D eigenvalue weighted by Crippen LogP contribution is 2.31. The molecule has 39 heavy (non-hydrogen) atoms. The molecular formula is C30H28FN5O3. The number of piperazine rings is 1. The van der Waals surface area contributed by atoms with Gasteiger partial charge in [-0.2, -0.15) is 5.10 Å². The van der Waals surface area contributed by atoms with E-state index in [0.29, 0.717) is 61.9 Å². The molecule has 0 radical (unpaired) electrons. The molecule has 0 atom stereocenters.